The van der Waals surface area contributed by atoms with Crippen molar-refractivity contribution in [3.63, 3.8) is 0 Å². The number of carbonyl (C=O) groups is 1. The Morgan fingerprint density at radius 2 is 1.54 bits per heavy atom. The molecule has 78 valence electrons. The van der Waals surface area contributed by atoms with Gasteiger partial charge in [0.2, 0.25) is 0 Å². The second-order valence-corrected chi connectivity index (χ2v) is 2.38. The van der Waals surface area contributed by atoms with Crippen LogP contribution in [0.1, 0.15) is 0 Å². The Labute approximate surface area is 75.9 Å². The van der Waals surface area contributed by atoms with Crippen molar-refractivity contribution in [1.82, 2.24) is 0 Å². The maximum Gasteiger partial charge on any atom is 0.327 e. The normalized spacial score (nSPS) is 9.85. The maximum absolute atomic E-state index is 9.25. The van der Waals surface area contributed by atoms with E-state index in [1.165, 1.54) is 0 Å². The highest BCUT2D eigenvalue weighted by Gasteiger charge is 2.20. The summed E-state index contributed by atoms with van der Waals surface area (Å²) in [6, 6.07) is 0. The van der Waals surface area contributed by atoms with Crippen LogP contribution in [0.15, 0.2) is 12.7 Å². The van der Waals surface area contributed by atoms with Gasteiger partial charge in [-0.2, -0.15) is 0 Å². The molecule has 0 aromatic heterocycles. The SMILES string of the molecule is C=CC(=O)O.NC(CO)(CO)CO. The first-order valence-electron chi connectivity index (χ1n) is 3.42. The monoisotopic (exact) mass is 193 g/mol. The van der Waals surface area contributed by atoms with Gasteiger partial charge in [0, 0.05) is 6.08 Å². The molecule has 0 rings (SSSR count). The molecule has 6 heteroatoms. The Balaban J connectivity index is 0. The van der Waals surface area contributed by atoms with Crippen molar-refractivity contribution in [2.75, 3.05) is 19.8 Å². The van der Waals surface area contributed by atoms with Gasteiger partial charge in [-0.15, -0.1) is 0 Å². The van der Waals surface area contributed by atoms with Gasteiger partial charge < -0.3 is 26.2 Å². The fourth-order valence-corrected chi connectivity index (χ4v) is 0.150. The van der Waals surface area contributed by atoms with Crippen LogP contribution in [-0.2, 0) is 4.79 Å². The molecule has 6 nitrogen and oxygen atoms in total. The molecule has 0 heterocycles. The van der Waals surface area contributed by atoms with Gasteiger partial charge in [0.05, 0.1) is 25.4 Å². The van der Waals surface area contributed by atoms with E-state index >= 15 is 0 Å². The van der Waals surface area contributed by atoms with Gasteiger partial charge in [-0.3, -0.25) is 0 Å². The molecule has 0 bridgehead atoms. The summed E-state index contributed by atoms with van der Waals surface area (Å²) in [5, 5.41) is 32.6. The number of carboxylic acid groups (broad SMARTS) is 1. The van der Waals surface area contributed by atoms with Crippen molar-refractivity contribution in [2.45, 2.75) is 5.54 Å². The summed E-state index contributed by atoms with van der Waals surface area (Å²) < 4.78 is 0. The van der Waals surface area contributed by atoms with E-state index < -0.39 is 31.3 Å². The summed E-state index contributed by atoms with van der Waals surface area (Å²) in [5.41, 5.74) is 3.94. The predicted octanol–water partition coefficient (Wildman–Crippen LogP) is -2.08. The smallest absolute Gasteiger partial charge is 0.327 e. The van der Waals surface area contributed by atoms with E-state index in [9.17, 15) is 4.79 Å². The molecule has 0 saturated heterocycles. The molecule has 0 amide bonds. The number of carboxylic acids is 1. The van der Waals surface area contributed by atoms with Crippen molar-refractivity contribution < 1.29 is 25.2 Å². The molecule has 0 unspecified atom stereocenters. The lowest BCUT2D eigenvalue weighted by atomic mass is 10.1. The van der Waals surface area contributed by atoms with E-state index in [2.05, 4.69) is 6.58 Å². The highest BCUT2D eigenvalue weighted by molar-refractivity contribution is 5.78. The second kappa shape index (κ2) is 7.69. The summed E-state index contributed by atoms with van der Waals surface area (Å²) in [7, 11) is 0. The van der Waals surface area contributed by atoms with Crippen LogP contribution in [-0.4, -0.2) is 51.8 Å². The Bertz CT molecular complexity index is 147. The first kappa shape index (κ1) is 14.6. The second-order valence-electron chi connectivity index (χ2n) is 2.38. The zero-order valence-electron chi connectivity index (χ0n) is 7.18. The lowest BCUT2D eigenvalue weighted by molar-refractivity contribution is -0.131. The Hall–Kier alpha value is -0.950. The molecule has 0 aliphatic carbocycles. The number of aliphatic hydroxyl groups is 3. The number of rotatable bonds is 4. The lowest BCUT2D eigenvalue weighted by Crippen LogP contribution is -2.50. The van der Waals surface area contributed by atoms with Crippen molar-refractivity contribution in [1.29, 1.82) is 0 Å². The number of hydrogen-bond acceptors (Lipinski definition) is 5. The minimum Gasteiger partial charge on any atom is -0.478 e. The highest BCUT2D eigenvalue weighted by atomic mass is 16.4. The first-order valence-corrected chi connectivity index (χ1v) is 3.42. The van der Waals surface area contributed by atoms with Gasteiger partial charge in [0.1, 0.15) is 0 Å². The third-order valence-electron chi connectivity index (χ3n) is 1.12. The fraction of sp³-hybridized carbons (Fsp3) is 0.571. The van der Waals surface area contributed by atoms with Crippen LogP contribution in [0.4, 0.5) is 0 Å². The number of nitrogens with two attached hydrogens (primary N) is 1. The average molecular weight is 193 g/mol. The molecule has 0 aromatic carbocycles. The molecule has 0 aromatic rings. The zero-order valence-corrected chi connectivity index (χ0v) is 7.18. The molecule has 0 aliphatic rings. The maximum atomic E-state index is 9.25. The van der Waals surface area contributed by atoms with Gasteiger partial charge in [0.25, 0.3) is 0 Å². The van der Waals surface area contributed by atoms with E-state index in [0.29, 0.717) is 0 Å². The summed E-state index contributed by atoms with van der Waals surface area (Å²) in [5.74, 6) is -0.981. The third kappa shape index (κ3) is 8.96. The number of aliphatic hydroxyl groups excluding tert-OH is 3. The van der Waals surface area contributed by atoms with Crippen LogP contribution in [0.5, 0.6) is 0 Å². The molecule has 0 saturated carbocycles. The molecule has 0 fully saturated rings. The largest absolute Gasteiger partial charge is 0.478 e. The molecule has 0 atom stereocenters. The van der Waals surface area contributed by atoms with Gasteiger partial charge in [0.15, 0.2) is 0 Å². The van der Waals surface area contributed by atoms with E-state index in [-0.39, 0.29) is 0 Å². The van der Waals surface area contributed by atoms with E-state index in [0.717, 1.165) is 6.08 Å². The van der Waals surface area contributed by atoms with Gasteiger partial charge >= 0.3 is 5.97 Å². The summed E-state index contributed by atoms with van der Waals surface area (Å²) in [6.45, 7) is 1.75. The molecule has 0 spiro atoms. The van der Waals surface area contributed by atoms with Crippen LogP contribution < -0.4 is 5.73 Å². The van der Waals surface area contributed by atoms with E-state index in [1.54, 1.807) is 0 Å². The Morgan fingerprint density at radius 1 is 1.31 bits per heavy atom. The van der Waals surface area contributed by atoms with Gasteiger partial charge in [-0.1, -0.05) is 6.58 Å². The topological polar surface area (TPSA) is 124 Å². The van der Waals surface area contributed by atoms with Crippen LogP contribution in [0.2, 0.25) is 0 Å². The zero-order chi connectivity index (χ0) is 10.9. The molecule has 0 radical (unpaired) electrons. The van der Waals surface area contributed by atoms with Crippen LogP contribution in [0, 0.1) is 0 Å². The fourth-order valence-electron chi connectivity index (χ4n) is 0.150. The van der Waals surface area contributed by atoms with Crippen LogP contribution in [0.25, 0.3) is 0 Å². The molecular formula is C7H15NO5. The Kier molecular flexibility index (Phi) is 8.61. The summed E-state index contributed by atoms with van der Waals surface area (Å²) >= 11 is 0. The summed E-state index contributed by atoms with van der Waals surface area (Å²) in [6.07, 6.45) is 0.833. The predicted molar refractivity (Wildman–Crippen MR) is 46.0 cm³/mol. The van der Waals surface area contributed by atoms with Crippen molar-refractivity contribution in [3.05, 3.63) is 12.7 Å². The van der Waals surface area contributed by atoms with Gasteiger partial charge in [-0.05, 0) is 0 Å². The minimum absolute atomic E-state index is 0.403. The van der Waals surface area contributed by atoms with Crippen LogP contribution in [0.3, 0.4) is 0 Å². The van der Waals surface area contributed by atoms with Crippen molar-refractivity contribution in [2.24, 2.45) is 5.73 Å². The molecule has 13 heavy (non-hydrogen) atoms. The van der Waals surface area contributed by atoms with Crippen molar-refractivity contribution in [3.8, 4) is 0 Å². The van der Waals surface area contributed by atoms with E-state index in [4.69, 9.17) is 26.2 Å². The molecular weight excluding hydrogens is 178 g/mol. The minimum atomic E-state index is -1.21. The highest BCUT2D eigenvalue weighted by Crippen LogP contribution is 1.93. The number of hydrogen-bond donors (Lipinski definition) is 5. The third-order valence-corrected chi connectivity index (χ3v) is 1.12. The summed E-state index contributed by atoms with van der Waals surface area (Å²) in [4.78, 5) is 9.25. The van der Waals surface area contributed by atoms with Gasteiger partial charge in [-0.25, -0.2) is 4.79 Å². The van der Waals surface area contributed by atoms with E-state index in [1.807, 2.05) is 0 Å². The standard InChI is InChI=1S/C4H11NO3.C3H4O2/c5-4(1-6,2-7)3-8;1-2-3(4)5/h6-8H,1-3,5H2;2H,1H2,(H,4,5). The van der Waals surface area contributed by atoms with Crippen molar-refractivity contribution >= 4 is 5.97 Å². The average Bonchev–Trinajstić information content (AvgIpc) is 2.17. The molecule has 0 aliphatic heterocycles. The number of aliphatic carboxylic acids is 1. The first-order chi connectivity index (χ1) is 5.95. The quantitative estimate of drug-likeness (QED) is 0.326. The van der Waals surface area contributed by atoms with Crippen LogP contribution >= 0.6 is 0 Å². The molecule has 6 N–H and O–H groups in total. The lowest BCUT2D eigenvalue weighted by Gasteiger charge is -2.20. The Morgan fingerprint density at radius 3 is 1.54 bits per heavy atom.